The molecule has 2 aromatic rings. The fourth-order valence-electron chi connectivity index (χ4n) is 2.15. The summed E-state index contributed by atoms with van der Waals surface area (Å²) in [4.78, 5) is 14.4. The summed E-state index contributed by atoms with van der Waals surface area (Å²) < 4.78 is 13.1. The Kier molecular flexibility index (Phi) is 4.93. The molecule has 110 valence electrons. The van der Waals surface area contributed by atoms with Crippen molar-refractivity contribution < 1.29 is 9.18 Å². The van der Waals surface area contributed by atoms with Gasteiger partial charge in [-0.3, -0.25) is 4.79 Å². The predicted molar refractivity (Wildman–Crippen MR) is 83.8 cm³/mol. The molecule has 3 nitrogen and oxygen atoms in total. The van der Waals surface area contributed by atoms with Crippen molar-refractivity contribution in [2.24, 2.45) is 0 Å². The lowest BCUT2D eigenvalue weighted by atomic mass is 10.1. The first-order chi connectivity index (χ1) is 10.1. The summed E-state index contributed by atoms with van der Waals surface area (Å²) in [6, 6.07) is 13.3. The Morgan fingerprint density at radius 1 is 1.19 bits per heavy atom. The van der Waals surface area contributed by atoms with Crippen LogP contribution in [0.4, 0.5) is 15.8 Å². The van der Waals surface area contributed by atoms with Gasteiger partial charge in [0.1, 0.15) is 5.82 Å². The quantitative estimate of drug-likeness (QED) is 0.848. The van der Waals surface area contributed by atoms with Gasteiger partial charge < -0.3 is 10.6 Å². The van der Waals surface area contributed by atoms with Gasteiger partial charge in [0.05, 0.1) is 5.56 Å². The van der Waals surface area contributed by atoms with E-state index >= 15 is 0 Å². The molecule has 2 rings (SSSR count). The normalized spacial score (nSPS) is 10.4. The number of rotatable bonds is 5. The van der Waals surface area contributed by atoms with Gasteiger partial charge >= 0.3 is 0 Å². The van der Waals surface area contributed by atoms with E-state index < -0.39 is 5.82 Å². The number of para-hydroxylation sites is 1. The van der Waals surface area contributed by atoms with Gasteiger partial charge in [0, 0.05) is 17.9 Å². The molecular formula is C17H19FN2O. The summed E-state index contributed by atoms with van der Waals surface area (Å²) >= 11 is 0. The van der Waals surface area contributed by atoms with Crippen LogP contribution in [-0.4, -0.2) is 12.5 Å². The minimum atomic E-state index is -0.441. The van der Waals surface area contributed by atoms with E-state index in [0.29, 0.717) is 12.1 Å². The molecule has 0 aliphatic heterocycles. The highest BCUT2D eigenvalue weighted by Crippen LogP contribution is 2.21. The summed E-state index contributed by atoms with van der Waals surface area (Å²) in [5.74, 6) is -0.643. The highest BCUT2D eigenvalue weighted by molar-refractivity contribution is 6.09. The Morgan fingerprint density at radius 3 is 2.52 bits per heavy atom. The van der Waals surface area contributed by atoms with Gasteiger partial charge in [-0.1, -0.05) is 31.5 Å². The van der Waals surface area contributed by atoms with Crippen LogP contribution < -0.4 is 10.6 Å². The van der Waals surface area contributed by atoms with Crippen LogP contribution in [0.3, 0.4) is 0 Å². The molecule has 0 unspecified atom stereocenters. The molecule has 2 aromatic carbocycles. The number of unbranched alkanes of at least 4 members (excludes halogenated alkanes) is 1. The van der Waals surface area contributed by atoms with E-state index in [4.69, 9.17) is 5.73 Å². The summed E-state index contributed by atoms with van der Waals surface area (Å²) in [5.41, 5.74) is 7.09. The van der Waals surface area contributed by atoms with E-state index in [1.807, 2.05) is 30.3 Å². The number of carbonyl (C=O) groups is 1. The summed E-state index contributed by atoms with van der Waals surface area (Å²) in [5, 5.41) is 0. The molecule has 0 radical (unpaired) electrons. The van der Waals surface area contributed by atoms with Crippen molar-refractivity contribution in [3.63, 3.8) is 0 Å². The minimum Gasteiger partial charge on any atom is -0.398 e. The van der Waals surface area contributed by atoms with Gasteiger partial charge in [-0.15, -0.1) is 0 Å². The molecule has 0 aliphatic rings. The fourth-order valence-corrected chi connectivity index (χ4v) is 2.15. The average Bonchev–Trinajstić information content (AvgIpc) is 2.48. The molecule has 0 fully saturated rings. The molecule has 0 heterocycles. The van der Waals surface area contributed by atoms with Gasteiger partial charge in [-0.2, -0.15) is 0 Å². The number of nitrogen functional groups attached to an aromatic ring is 1. The van der Waals surface area contributed by atoms with E-state index in [9.17, 15) is 9.18 Å². The molecule has 21 heavy (non-hydrogen) atoms. The zero-order chi connectivity index (χ0) is 15.2. The van der Waals surface area contributed by atoms with Gasteiger partial charge in [-0.05, 0) is 36.8 Å². The number of anilines is 2. The Balaban J connectivity index is 2.34. The molecule has 0 aliphatic carbocycles. The van der Waals surface area contributed by atoms with Crippen molar-refractivity contribution in [2.45, 2.75) is 19.8 Å². The zero-order valence-electron chi connectivity index (χ0n) is 12.1. The summed E-state index contributed by atoms with van der Waals surface area (Å²) in [7, 11) is 0. The second-order valence-electron chi connectivity index (χ2n) is 4.88. The standard InChI is InChI=1S/C17H19FN2O/c1-2-3-11-20(14-7-5-4-6-8-14)17(21)15-10-9-13(18)12-16(15)19/h4-10,12H,2-3,11,19H2,1H3. The van der Waals surface area contributed by atoms with Crippen molar-refractivity contribution in [1.29, 1.82) is 0 Å². The van der Waals surface area contributed by atoms with Crippen LogP contribution in [-0.2, 0) is 0 Å². The number of nitrogens with zero attached hydrogens (tertiary/aromatic N) is 1. The van der Waals surface area contributed by atoms with Crippen LogP contribution in [0.5, 0.6) is 0 Å². The number of hydrogen-bond donors (Lipinski definition) is 1. The second-order valence-corrected chi connectivity index (χ2v) is 4.88. The number of amides is 1. The summed E-state index contributed by atoms with van der Waals surface area (Å²) in [6.07, 6.45) is 1.87. The summed E-state index contributed by atoms with van der Waals surface area (Å²) in [6.45, 7) is 2.68. The van der Waals surface area contributed by atoms with Crippen LogP contribution in [0.2, 0.25) is 0 Å². The number of halogens is 1. The zero-order valence-corrected chi connectivity index (χ0v) is 12.1. The van der Waals surface area contributed by atoms with Crippen molar-refractivity contribution in [2.75, 3.05) is 17.2 Å². The lowest BCUT2D eigenvalue weighted by Crippen LogP contribution is -2.32. The van der Waals surface area contributed by atoms with E-state index in [1.165, 1.54) is 18.2 Å². The first-order valence-electron chi connectivity index (χ1n) is 7.05. The number of benzene rings is 2. The minimum absolute atomic E-state index is 0.164. The van der Waals surface area contributed by atoms with Crippen molar-refractivity contribution >= 4 is 17.3 Å². The molecule has 2 N–H and O–H groups in total. The van der Waals surface area contributed by atoms with Gasteiger partial charge in [0.2, 0.25) is 0 Å². The van der Waals surface area contributed by atoms with E-state index in [-0.39, 0.29) is 11.6 Å². The Bertz CT molecular complexity index is 613. The van der Waals surface area contributed by atoms with Crippen molar-refractivity contribution in [3.05, 3.63) is 59.9 Å². The molecule has 0 saturated carbocycles. The molecule has 0 spiro atoms. The van der Waals surface area contributed by atoms with Crippen LogP contribution in [0.25, 0.3) is 0 Å². The molecule has 0 bridgehead atoms. The maximum atomic E-state index is 13.1. The SMILES string of the molecule is CCCCN(C(=O)c1ccc(F)cc1N)c1ccccc1. The largest absolute Gasteiger partial charge is 0.398 e. The van der Waals surface area contributed by atoms with Crippen LogP contribution in [0, 0.1) is 5.82 Å². The van der Waals surface area contributed by atoms with E-state index in [1.54, 1.807) is 4.90 Å². The third-order valence-corrected chi connectivity index (χ3v) is 3.29. The lowest BCUT2D eigenvalue weighted by molar-refractivity contribution is 0.0987. The Hall–Kier alpha value is -2.36. The lowest BCUT2D eigenvalue weighted by Gasteiger charge is -2.23. The topological polar surface area (TPSA) is 46.3 Å². The van der Waals surface area contributed by atoms with Crippen LogP contribution in [0.1, 0.15) is 30.1 Å². The van der Waals surface area contributed by atoms with E-state index in [2.05, 4.69) is 6.92 Å². The van der Waals surface area contributed by atoms with Gasteiger partial charge in [0.15, 0.2) is 0 Å². The van der Waals surface area contributed by atoms with Crippen molar-refractivity contribution in [1.82, 2.24) is 0 Å². The van der Waals surface area contributed by atoms with Crippen molar-refractivity contribution in [3.8, 4) is 0 Å². The predicted octanol–water partition coefficient (Wildman–Crippen LogP) is 3.85. The Morgan fingerprint density at radius 2 is 1.90 bits per heavy atom. The first kappa shape index (κ1) is 15.0. The average molecular weight is 286 g/mol. The second kappa shape index (κ2) is 6.88. The fraction of sp³-hybridized carbons (Fsp3) is 0.235. The molecule has 0 saturated heterocycles. The highest BCUT2D eigenvalue weighted by atomic mass is 19.1. The number of carbonyl (C=O) groups excluding carboxylic acids is 1. The van der Waals surface area contributed by atoms with Gasteiger partial charge in [0.25, 0.3) is 5.91 Å². The third kappa shape index (κ3) is 3.60. The maximum absolute atomic E-state index is 13.1. The smallest absolute Gasteiger partial charge is 0.260 e. The molecule has 0 aromatic heterocycles. The van der Waals surface area contributed by atoms with E-state index in [0.717, 1.165) is 18.5 Å². The number of nitrogens with two attached hydrogens (primary N) is 1. The maximum Gasteiger partial charge on any atom is 0.260 e. The van der Waals surface area contributed by atoms with Gasteiger partial charge in [-0.25, -0.2) is 4.39 Å². The molecule has 0 atom stereocenters. The Labute approximate surface area is 124 Å². The van der Waals surface area contributed by atoms with Crippen LogP contribution >= 0.6 is 0 Å². The number of hydrogen-bond acceptors (Lipinski definition) is 2. The molecule has 1 amide bonds. The molecule has 4 heteroatoms. The highest BCUT2D eigenvalue weighted by Gasteiger charge is 2.19. The first-order valence-corrected chi connectivity index (χ1v) is 7.05. The monoisotopic (exact) mass is 286 g/mol. The molecular weight excluding hydrogens is 267 g/mol. The third-order valence-electron chi connectivity index (χ3n) is 3.29. The van der Waals surface area contributed by atoms with Crippen LogP contribution in [0.15, 0.2) is 48.5 Å².